The van der Waals surface area contributed by atoms with Gasteiger partial charge in [-0.1, -0.05) is 11.6 Å². The quantitative estimate of drug-likeness (QED) is 0.716. The fraction of sp³-hybridized carbons (Fsp3) is 0.500. The summed E-state index contributed by atoms with van der Waals surface area (Å²) in [6.07, 6.45) is -0.00400. The summed E-state index contributed by atoms with van der Waals surface area (Å²) >= 11 is 5.76. The summed E-state index contributed by atoms with van der Waals surface area (Å²) in [5.74, 6) is -1.06. The number of hydrogen-bond acceptors (Lipinski definition) is 4. The van der Waals surface area contributed by atoms with Gasteiger partial charge in [0, 0.05) is 29.2 Å². The molecule has 0 spiro atoms. The van der Waals surface area contributed by atoms with Crippen molar-refractivity contribution in [3.8, 4) is 0 Å². The minimum absolute atomic E-state index is 0.00400. The van der Waals surface area contributed by atoms with Crippen molar-refractivity contribution in [1.29, 1.82) is 0 Å². The van der Waals surface area contributed by atoms with Crippen LogP contribution in [-0.2, 0) is 14.3 Å². The Morgan fingerprint density at radius 3 is 2.16 bits per heavy atom. The number of benzene rings is 1. The number of ether oxygens (including phenoxy) is 1. The number of nitrogens with one attached hydrogen (secondary N) is 1. The molecule has 0 bridgehead atoms. The number of carbonyl (C=O) groups excluding carboxylic acids is 3. The zero-order valence-electron chi connectivity index (χ0n) is 15.0. The summed E-state index contributed by atoms with van der Waals surface area (Å²) in [7, 11) is 0. The van der Waals surface area contributed by atoms with Gasteiger partial charge in [-0.3, -0.25) is 14.4 Å². The summed E-state index contributed by atoms with van der Waals surface area (Å²) in [5, 5.41) is 3.16. The van der Waals surface area contributed by atoms with E-state index in [1.165, 1.54) is 0 Å². The zero-order chi connectivity index (χ0) is 19.0. The fourth-order valence-electron chi connectivity index (χ4n) is 2.44. The van der Waals surface area contributed by atoms with E-state index in [4.69, 9.17) is 16.3 Å². The third kappa shape index (κ3) is 7.13. The van der Waals surface area contributed by atoms with Crippen LogP contribution in [0, 0.1) is 0 Å². The second-order valence-corrected chi connectivity index (χ2v) is 6.60. The summed E-state index contributed by atoms with van der Waals surface area (Å²) < 4.78 is 4.99. The van der Waals surface area contributed by atoms with Crippen LogP contribution in [0.1, 0.15) is 44.5 Å². The van der Waals surface area contributed by atoms with Crippen molar-refractivity contribution >= 4 is 29.4 Å². The maximum atomic E-state index is 12.1. The Morgan fingerprint density at radius 1 is 1.08 bits per heavy atom. The molecule has 0 saturated carbocycles. The van der Waals surface area contributed by atoms with Gasteiger partial charge in [-0.2, -0.15) is 0 Å². The maximum Gasteiger partial charge on any atom is 0.308 e. The highest BCUT2D eigenvalue weighted by Crippen LogP contribution is 2.09. The Hall–Kier alpha value is -2.08. The Morgan fingerprint density at radius 2 is 1.64 bits per heavy atom. The smallest absolute Gasteiger partial charge is 0.308 e. The summed E-state index contributed by atoms with van der Waals surface area (Å²) in [6, 6.07) is 6.49. The average Bonchev–Trinajstić information content (AvgIpc) is 2.52. The van der Waals surface area contributed by atoms with Gasteiger partial charge in [-0.05, 0) is 52.0 Å². The van der Waals surface area contributed by atoms with Crippen LogP contribution in [-0.4, -0.2) is 47.9 Å². The second-order valence-electron chi connectivity index (χ2n) is 6.16. The Bertz CT molecular complexity index is 592. The predicted molar refractivity (Wildman–Crippen MR) is 96.5 cm³/mol. The highest BCUT2D eigenvalue weighted by Gasteiger charge is 2.21. The molecular weight excluding hydrogens is 344 g/mol. The molecule has 25 heavy (non-hydrogen) atoms. The lowest BCUT2D eigenvalue weighted by Gasteiger charge is -2.30. The third-order valence-electron chi connectivity index (χ3n) is 3.48. The van der Waals surface area contributed by atoms with Crippen LogP contribution in [0.3, 0.4) is 0 Å². The largest absolute Gasteiger partial charge is 0.456 e. The molecule has 0 fully saturated rings. The van der Waals surface area contributed by atoms with E-state index >= 15 is 0 Å². The molecule has 0 heterocycles. The van der Waals surface area contributed by atoms with Crippen molar-refractivity contribution in [1.82, 2.24) is 10.2 Å². The van der Waals surface area contributed by atoms with Crippen LogP contribution in [0.4, 0.5) is 0 Å². The molecule has 0 unspecified atom stereocenters. The lowest BCUT2D eigenvalue weighted by atomic mass is 10.2. The fourth-order valence-corrected chi connectivity index (χ4v) is 2.57. The van der Waals surface area contributed by atoms with Gasteiger partial charge in [0.25, 0.3) is 11.8 Å². The highest BCUT2D eigenvalue weighted by molar-refractivity contribution is 6.30. The number of rotatable bonds is 8. The standard InChI is InChI=1S/C18H25ClN2O4/c1-12(2)21(13(3)4)16(22)11-25-17(23)9-10-20-18(24)14-5-7-15(19)8-6-14/h5-8,12-13H,9-11H2,1-4H3,(H,20,24). The minimum atomic E-state index is -0.530. The molecule has 1 rings (SSSR count). The number of esters is 1. The van der Waals surface area contributed by atoms with Crippen LogP contribution >= 0.6 is 11.6 Å². The van der Waals surface area contributed by atoms with Gasteiger partial charge in [0.2, 0.25) is 0 Å². The van der Waals surface area contributed by atoms with E-state index in [2.05, 4.69) is 5.32 Å². The van der Waals surface area contributed by atoms with Gasteiger partial charge >= 0.3 is 5.97 Å². The molecule has 2 amide bonds. The average molecular weight is 369 g/mol. The van der Waals surface area contributed by atoms with Crippen molar-refractivity contribution in [3.05, 3.63) is 34.9 Å². The van der Waals surface area contributed by atoms with Crippen LogP contribution in [0.15, 0.2) is 24.3 Å². The molecule has 1 aromatic carbocycles. The summed E-state index contributed by atoms with van der Waals surface area (Å²) in [5.41, 5.74) is 0.456. The number of hydrogen-bond donors (Lipinski definition) is 1. The molecule has 0 aliphatic carbocycles. The molecule has 0 atom stereocenters. The molecule has 0 aliphatic heterocycles. The molecule has 6 nitrogen and oxygen atoms in total. The second kappa shape index (κ2) is 10.0. The Kier molecular flexibility index (Phi) is 8.41. The molecule has 0 radical (unpaired) electrons. The van der Waals surface area contributed by atoms with Crippen molar-refractivity contribution in [2.45, 2.75) is 46.2 Å². The first kappa shape index (κ1) is 21.0. The molecule has 0 aliphatic rings. The van der Waals surface area contributed by atoms with Crippen LogP contribution in [0.25, 0.3) is 0 Å². The van der Waals surface area contributed by atoms with E-state index in [1.54, 1.807) is 29.2 Å². The summed E-state index contributed by atoms with van der Waals surface area (Å²) in [4.78, 5) is 37.3. The van der Waals surface area contributed by atoms with Crippen molar-refractivity contribution in [3.63, 3.8) is 0 Å². The Balaban J connectivity index is 2.34. The van der Waals surface area contributed by atoms with Crippen molar-refractivity contribution in [2.75, 3.05) is 13.2 Å². The van der Waals surface area contributed by atoms with Gasteiger partial charge in [0.15, 0.2) is 6.61 Å². The first-order valence-electron chi connectivity index (χ1n) is 8.23. The maximum absolute atomic E-state index is 12.1. The van der Waals surface area contributed by atoms with Gasteiger partial charge in [0.05, 0.1) is 6.42 Å². The highest BCUT2D eigenvalue weighted by atomic mass is 35.5. The van der Waals surface area contributed by atoms with E-state index in [1.807, 2.05) is 27.7 Å². The molecule has 0 saturated heterocycles. The monoisotopic (exact) mass is 368 g/mol. The summed E-state index contributed by atoms with van der Waals surface area (Å²) in [6.45, 7) is 7.48. The molecular formula is C18H25ClN2O4. The van der Waals surface area contributed by atoms with E-state index in [0.29, 0.717) is 10.6 Å². The number of halogens is 1. The number of amides is 2. The zero-order valence-corrected chi connectivity index (χ0v) is 15.8. The third-order valence-corrected chi connectivity index (χ3v) is 3.73. The van der Waals surface area contributed by atoms with E-state index in [-0.39, 0.29) is 43.5 Å². The first-order valence-corrected chi connectivity index (χ1v) is 8.60. The molecule has 138 valence electrons. The lowest BCUT2D eigenvalue weighted by Crippen LogP contribution is -2.44. The number of nitrogens with zero attached hydrogens (tertiary/aromatic N) is 1. The first-order chi connectivity index (χ1) is 11.7. The van der Waals surface area contributed by atoms with Crippen LogP contribution in [0.2, 0.25) is 5.02 Å². The molecule has 1 aromatic rings. The van der Waals surface area contributed by atoms with Crippen molar-refractivity contribution < 1.29 is 19.1 Å². The van der Waals surface area contributed by atoms with Crippen LogP contribution < -0.4 is 5.32 Å². The predicted octanol–water partition coefficient (Wildman–Crippen LogP) is 2.65. The number of carbonyl (C=O) groups is 3. The Labute approximate surface area is 153 Å². The molecule has 1 N–H and O–H groups in total. The van der Waals surface area contributed by atoms with Crippen molar-refractivity contribution in [2.24, 2.45) is 0 Å². The minimum Gasteiger partial charge on any atom is -0.456 e. The van der Waals surface area contributed by atoms with E-state index in [0.717, 1.165) is 0 Å². The molecule has 0 aromatic heterocycles. The van der Waals surface area contributed by atoms with Gasteiger partial charge < -0.3 is 15.0 Å². The van der Waals surface area contributed by atoms with Gasteiger partial charge in [0.1, 0.15) is 0 Å². The van der Waals surface area contributed by atoms with E-state index < -0.39 is 5.97 Å². The lowest BCUT2D eigenvalue weighted by molar-refractivity contribution is -0.153. The van der Waals surface area contributed by atoms with Gasteiger partial charge in [-0.25, -0.2) is 0 Å². The van der Waals surface area contributed by atoms with Gasteiger partial charge in [-0.15, -0.1) is 0 Å². The van der Waals surface area contributed by atoms with Crippen LogP contribution in [0.5, 0.6) is 0 Å². The van der Waals surface area contributed by atoms with E-state index in [9.17, 15) is 14.4 Å². The molecule has 7 heteroatoms. The topological polar surface area (TPSA) is 75.7 Å². The SMILES string of the molecule is CC(C)N(C(=O)COC(=O)CCNC(=O)c1ccc(Cl)cc1)C(C)C. The normalized spacial score (nSPS) is 10.7.